The number of carbonyl (C=O) groups is 1. The van der Waals surface area contributed by atoms with Crippen LogP contribution in [-0.2, 0) is 17.8 Å². The molecule has 154 valence electrons. The minimum absolute atomic E-state index is 0. The Morgan fingerprint density at radius 3 is 2.61 bits per heavy atom. The molecule has 4 rings (SSSR count). The van der Waals surface area contributed by atoms with Gasteiger partial charge in [0, 0.05) is 32.0 Å². The number of benzene rings is 1. The number of aromatic nitrogens is 3. The molecule has 1 aromatic carbocycles. The number of hydrogen-bond acceptors (Lipinski definition) is 4. The minimum Gasteiger partial charge on any atom is -0.332 e. The van der Waals surface area contributed by atoms with Crippen LogP contribution in [0.25, 0.3) is 0 Å². The summed E-state index contributed by atoms with van der Waals surface area (Å²) in [4.78, 5) is 15.0. The van der Waals surface area contributed by atoms with Crippen LogP contribution in [0.2, 0.25) is 0 Å². The second kappa shape index (κ2) is 10.2. The normalized spacial score (nSPS) is 19.8. The molecule has 0 radical (unpaired) electrons. The van der Waals surface area contributed by atoms with Crippen LogP contribution in [0, 0.1) is 0 Å². The van der Waals surface area contributed by atoms with Gasteiger partial charge in [-0.15, -0.1) is 35.0 Å². The van der Waals surface area contributed by atoms with Crippen molar-refractivity contribution in [1.82, 2.24) is 19.7 Å². The number of hydrogen-bond donors (Lipinski definition) is 1. The van der Waals surface area contributed by atoms with E-state index in [1.54, 1.807) is 0 Å². The van der Waals surface area contributed by atoms with Gasteiger partial charge < -0.3 is 15.2 Å². The maximum absolute atomic E-state index is 13.0. The van der Waals surface area contributed by atoms with Crippen LogP contribution in [0.1, 0.15) is 67.8 Å². The van der Waals surface area contributed by atoms with Gasteiger partial charge in [0.1, 0.15) is 5.82 Å². The smallest absolute Gasteiger partial charge is 0.225 e. The molecule has 2 unspecified atom stereocenters. The second-order valence-electron chi connectivity index (χ2n) is 7.40. The number of fused-ring (bicyclic) bond motifs is 1. The van der Waals surface area contributed by atoms with Crippen LogP contribution in [0.4, 0.5) is 0 Å². The van der Waals surface area contributed by atoms with E-state index in [0.29, 0.717) is 6.42 Å². The highest BCUT2D eigenvalue weighted by Gasteiger charge is 2.33. The Morgan fingerprint density at radius 2 is 1.82 bits per heavy atom. The van der Waals surface area contributed by atoms with Gasteiger partial charge in [0.2, 0.25) is 5.91 Å². The van der Waals surface area contributed by atoms with Gasteiger partial charge in [-0.1, -0.05) is 30.3 Å². The predicted octanol–water partition coefficient (Wildman–Crippen LogP) is 3.60. The van der Waals surface area contributed by atoms with E-state index in [0.717, 1.165) is 62.4 Å². The molecule has 0 bridgehead atoms. The van der Waals surface area contributed by atoms with Crippen LogP contribution in [0.5, 0.6) is 0 Å². The highest BCUT2D eigenvalue weighted by atomic mass is 35.5. The summed E-state index contributed by atoms with van der Waals surface area (Å²) in [6.45, 7) is 1.76. The molecule has 2 aliphatic heterocycles. The first-order chi connectivity index (χ1) is 12.7. The van der Waals surface area contributed by atoms with E-state index in [1.807, 2.05) is 35.2 Å². The monoisotopic (exact) mass is 425 g/mol. The number of amides is 1. The molecule has 0 spiro atoms. The molecule has 2 atom stereocenters. The van der Waals surface area contributed by atoms with Crippen molar-refractivity contribution in [2.45, 2.75) is 63.6 Å². The van der Waals surface area contributed by atoms with E-state index in [2.05, 4.69) is 14.8 Å². The average molecular weight is 426 g/mol. The third-order valence-electron chi connectivity index (χ3n) is 5.63. The summed E-state index contributed by atoms with van der Waals surface area (Å²) in [5, 5.41) is 8.86. The zero-order valence-electron chi connectivity index (χ0n) is 16.0. The lowest BCUT2D eigenvalue weighted by Gasteiger charge is -2.36. The number of halogens is 2. The van der Waals surface area contributed by atoms with Gasteiger partial charge in [0.25, 0.3) is 0 Å². The lowest BCUT2D eigenvalue weighted by molar-refractivity contribution is -0.135. The molecule has 2 N–H and O–H groups in total. The summed E-state index contributed by atoms with van der Waals surface area (Å²) < 4.78 is 2.25. The average Bonchev–Trinajstić information content (AvgIpc) is 3.12. The van der Waals surface area contributed by atoms with E-state index in [4.69, 9.17) is 5.73 Å². The molecule has 0 aliphatic carbocycles. The van der Waals surface area contributed by atoms with E-state index in [-0.39, 0.29) is 42.8 Å². The molecule has 3 heterocycles. The Labute approximate surface area is 178 Å². The summed E-state index contributed by atoms with van der Waals surface area (Å²) in [6.07, 6.45) is 6.80. The van der Waals surface area contributed by atoms with Crippen molar-refractivity contribution in [1.29, 1.82) is 0 Å². The predicted molar refractivity (Wildman–Crippen MR) is 114 cm³/mol. The van der Waals surface area contributed by atoms with Gasteiger partial charge >= 0.3 is 0 Å². The number of aryl methyl sites for hydroxylation is 1. The number of rotatable bonds is 4. The lowest BCUT2D eigenvalue weighted by Crippen LogP contribution is -2.41. The summed E-state index contributed by atoms with van der Waals surface area (Å²) in [7, 11) is 0. The molecule has 0 saturated carbocycles. The zero-order chi connectivity index (χ0) is 17.9. The van der Waals surface area contributed by atoms with Gasteiger partial charge in [0.15, 0.2) is 5.82 Å². The first kappa shape index (κ1) is 22.7. The summed E-state index contributed by atoms with van der Waals surface area (Å²) in [6, 6.07) is 9.64. The van der Waals surface area contributed by atoms with Crippen molar-refractivity contribution in [2.24, 2.45) is 5.73 Å². The van der Waals surface area contributed by atoms with Crippen molar-refractivity contribution in [2.75, 3.05) is 6.54 Å². The van der Waals surface area contributed by atoms with Gasteiger partial charge in [-0.05, 0) is 37.7 Å². The van der Waals surface area contributed by atoms with Gasteiger partial charge in [-0.2, -0.15) is 0 Å². The Hall–Kier alpha value is -1.63. The van der Waals surface area contributed by atoms with Gasteiger partial charge in [-0.25, -0.2) is 0 Å². The molecule has 1 fully saturated rings. The first-order valence-electron chi connectivity index (χ1n) is 9.76. The third kappa shape index (κ3) is 4.67. The molecule has 8 heteroatoms. The Balaban J connectivity index is 0.00000140. The van der Waals surface area contributed by atoms with Crippen LogP contribution in [0.3, 0.4) is 0 Å². The number of likely N-dealkylation sites (tertiary alicyclic amines) is 1. The highest BCUT2D eigenvalue weighted by molar-refractivity contribution is 5.85. The molecule has 1 aromatic heterocycles. The van der Waals surface area contributed by atoms with E-state index in [9.17, 15) is 4.79 Å². The Morgan fingerprint density at radius 1 is 1.07 bits per heavy atom. The molecule has 2 aromatic rings. The van der Waals surface area contributed by atoms with Crippen LogP contribution in [0.15, 0.2) is 30.3 Å². The summed E-state index contributed by atoms with van der Waals surface area (Å²) >= 11 is 0. The van der Waals surface area contributed by atoms with Crippen molar-refractivity contribution in [3.63, 3.8) is 0 Å². The van der Waals surface area contributed by atoms with Crippen LogP contribution < -0.4 is 5.73 Å². The summed E-state index contributed by atoms with van der Waals surface area (Å²) in [5.74, 6) is 2.17. The fraction of sp³-hybridized carbons (Fsp3) is 0.550. The molecular weight excluding hydrogens is 397 g/mol. The molecule has 6 nitrogen and oxygen atoms in total. The van der Waals surface area contributed by atoms with Crippen molar-refractivity contribution in [3.05, 3.63) is 47.5 Å². The zero-order valence-corrected chi connectivity index (χ0v) is 17.6. The van der Waals surface area contributed by atoms with Crippen molar-refractivity contribution >= 4 is 30.7 Å². The van der Waals surface area contributed by atoms with Crippen LogP contribution in [-0.4, -0.2) is 32.1 Å². The SMILES string of the molecule is Cl.Cl.NC(CC(=O)N1CCCCC1c1nnc2n1CCCC2)c1ccccc1. The standard InChI is InChI=1S/C20H27N5O.2ClH/c21-16(15-8-2-1-3-9-15)14-19(26)24-12-6-4-10-17(24)20-23-22-18-11-5-7-13-25(18)20;;/h1-3,8-9,16-17H,4-7,10-14,21H2;2*1H. The van der Waals surface area contributed by atoms with Crippen molar-refractivity contribution < 1.29 is 4.79 Å². The molecular formula is C20H29Cl2N5O. The topological polar surface area (TPSA) is 77.0 Å². The maximum Gasteiger partial charge on any atom is 0.225 e. The molecule has 28 heavy (non-hydrogen) atoms. The van der Waals surface area contributed by atoms with Gasteiger partial charge in [-0.3, -0.25) is 4.79 Å². The number of nitrogens with zero attached hydrogens (tertiary/aromatic N) is 4. The molecule has 1 saturated heterocycles. The van der Waals surface area contributed by atoms with Gasteiger partial charge in [0.05, 0.1) is 6.04 Å². The fourth-order valence-electron chi connectivity index (χ4n) is 4.20. The number of piperidine rings is 1. The lowest BCUT2D eigenvalue weighted by atomic mass is 9.98. The third-order valence-corrected chi connectivity index (χ3v) is 5.63. The van der Waals surface area contributed by atoms with Crippen molar-refractivity contribution in [3.8, 4) is 0 Å². The number of nitrogens with two attached hydrogens (primary N) is 1. The quantitative estimate of drug-likeness (QED) is 0.811. The summed E-state index contributed by atoms with van der Waals surface area (Å²) in [5.41, 5.74) is 7.31. The number of carbonyl (C=O) groups excluding carboxylic acids is 1. The molecule has 1 amide bonds. The van der Waals surface area contributed by atoms with E-state index in [1.165, 1.54) is 6.42 Å². The Bertz CT molecular complexity index is 767. The maximum atomic E-state index is 13.0. The highest BCUT2D eigenvalue weighted by Crippen LogP contribution is 2.32. The Kier molecular flexibility index (Phi) is 8.28. The minimum atomic E-state index is -0.265. The molecule has 2 aliphatic rings. The van der Waals surface area contributed by atoms with E-state index < -0.39 is 0 Å². The van der Waals surface area contributed by atoms with E-state index >= 15 is 0 Å². The second-order valence-corrected chi connectivity index (χ2v) is 7.40. The fourth-order valence-corrected chi connectivity index (χ4v) is 4.20. The largest absolute Gasteiger partial charge is 0.332 e. The van der Waals surface area contributed by atoms with Crippen LogP contribution >= 0.6 is 24.8 Å². The first-order valence-corrected chi connectivity index (χ1v) is 9.76.